The topological polar surface area (TPSA) is 138 Å². The zero-order valence-corrected chi connectivity index (χ0v) is 23.3. The average molecular weight is 627 g/mol. The Kier molecular flexibility index (Phi) is 6.86. The molecule has 2 aliphatic heterocycles. The minimum atomic E-state index is -0.334. The molecule has 1 atom stereocenters. The van der Waals surface area contributed by atoms with Crippen LogP contribution in [0, 0.1) is 14.5 Å². The van der Waals surface area contributed by atoms with Crippen LogP contribution in [-0.4, -0.2) is 60.4 Å². The Balaban J connectivity index is 1.21. The molecule has 12 heteroatoms. The molecule has 38 heavy (non-hydrogen) atoms. The van der Waals surface area contributed by atoms with E-state index in [2.05, 4.69) is 54.8 Å². The van der Waals surface area contributed by atoms with Gasteiger partial charge in [-0.3, -0.25) is 15.4 Å². The Morgan fingerprint density at radius 3 is 2.84 bits per heavy atom. The van der Waals surface area contributed by atoms with E-state index in [-0.39, 0.29) is 18.2 Å². The van der Waals surface area contributed by atoms with Gasteiger partial charge in [0, 0.05) is 31.3 Å². The van der Waals surface area contributed by atoms with E-state index in [1.54, 1.807) is 12.4 Å². The van der Waals surface area contributed by atoms with Crippen LogP contribution in [0.4, 0.5) is 11.5 Å². The summed E-state index contributed by atoms with van der Waals surface area (Å²) in [4.78, 5) is 20.7. The Bertz CT molecular complexity index is 1490. The highest BCUT2D eigenvalue weighted by Crippen LogP contribution is 2.36. The first-order valence-corrected chi connectivity index (χ1v) is 14.0. The lowest BCUT2D eigenvalue weighted by molar-refractivity contribution is -0.0372. The van der Waals surface area contributed by atoms with E-state index in [0.29, 0.717) is 48.2 Å². The van der Waals surface area contributed by atoms with Gasteiger partial charge < -0.3 is 20.1 Å². The highest BCUT2D eigenvalue weighted by molar-refractivity contribution is 14.1. The maximum Gasteiger partial charge on any atom is 0.182 e. The standard InChI is InChI=1S/C26H30IN9O2/c1-26(25(28)31-16-13-18-17(30-14-16)5-4-9-29-18)7-10-35(11-8-26)23-19(15-37)32-21-22(27)34-36(24(21)33-23)20-6-2-3-12-38-20/h4-5,9,13-14,20,37H,2-3,6-8,10-12,15H2,1H3,(H2,28,31). The maximum atomic E-state index is 10.1. The summed E-state index contributed by atoms with van der Waals surface area (Å²) in [7, 11) is 0. The van der Waals surface area contributed by atoms with Gasteiger partial charge in [-0.25, -0.2) is 14.6 Å². The van der Waals surface area contributed by atoms with Gasteiger partial charge in [-0.1, -0.05) is 6.92 Å². The Hall–Kier alpha value is -2.97. The number of anilines is 2. The van der Waals surface area contributed by atoms with Crippen molar-refractivity contribution in [3.8, 4) is 0 Å². The Morgan fingerprint density at radius 2 is 2.08 bits per heavy atom. The van der Waals surface area contributed by atoms with Gasteiger partial charge in [-0.15, -0.1) is 0 Å². The van der Waals surface area contributed by atoms with E-state index < -0.39 is 0 Å². The lowest BCUT2D eigenvalue weighted by Crippen LogP contribution is -2.45. The molecule has 2 saturated heterocycles. The highest BCUT2D eigenvalue weighted by atomic mass is 127. The first-order valence-electron chi connectivity index (χ1n) is 12.9. The molecule has 0 bridgehead atoms. The number of hydrogen-bond acceptors (Lipinski definition) is 9. The van der Waals surface area contributed by atoms with E-state index in [9.17, 15) is 5.11 Å². The zero-order valence-electron chi connectivity index (χ0n) is 21.2. The average Bonchev–Trinajstić information content (AvgIpc) is 3.28. The number of amidine groups is 1. The third-order valence-electron chi connectivity index (χ3n) is 7.61. The van der Waals surface area contributed by atoms with Crippen LogP contribution in [0.2, 0.25) is 0 Å². The fourth-order valence-corrected chi connectivity index (χ4v) is 5.79. The number of rotatable bonds is 5. The molecular formula is C26H30IN9O2. The predicted molar refractivity (Wildman–Crippen MR) is 153 cm³/mol. The molecule has 4 aromatic heterocycles. The molecule has 0 aliphatic carbocycles. The first kappa shape index (κ1) is 25.3. The van der Waals surface area contributed by atoms with E-state index in [4.69, 9.17) is 20.1 Å². The molecule has 6 heterocycles. The summed E-state index contributed by atoms with van der Waals surface area (Å²) in [6.07, 6.45) is 7.90. The lowest BCUT2D eigenvalue weighted by Gasteiger charge is -2.40. The van der Waals surface area contributed by atoms with Gasteiger partial charge in [0.1, 0.15) is 17.0 Å². The monoisotopic (exact) mass is 627 g/mol. The maximum absolute atomic E-state index is 10.1. The number of hydrogen-bond donors (Lipinski definition) is 3. The molecule has 2 fully saturated rings. The van der Waals surface area contributed by atoms with Crippen LogP contribution in [0.3, 0.4) is 0 Å². The number of aromatic nitrogens is 6. The highest BCUT2D eigenvalue weighted by Gasteiger charge is 2.36. The van der Waals surface area contributed by atoms with E-state index in [1.165, 1.54) is 0 Å². The third kappa shape index (κ3) is 4.69. The van der Waals surface area contributed by atoms with E-state index >= 15 is 0 Å². The van der Waals surface area contributed by atoms with Crippen molar-refractivity contribution in [2.75, 3.05) is 29.9 Å². The summed E-state index contributed by atoms with van der Waals surface area (Å²) >= 11 is 2.18. The van der Waals surface area contributed by atoms with E-state index in [1.807, 2.05) is 22.9 Å². The van der Waals surface area contributed by atoms with Gasteiger partial charge in [-0.05, 0) is 72.9 Å². The SMILES string of the molecule is CC1(C(=N)Nc2cnc3cccnc3c2)CCN(c2nc3c(nc2CO)c(I)nn3C2CCCCO2)CC1. The second-order valence-corrected chi connectivity index (χ2v) is 11.2. The predicted octanol–water partition coefficient (Wildman–Crippen LogP) is 4.26. The molecule has 0 aromatic carbocycles. The summed E-state index contributed by atoms with van der Waals surface area (Å²) in [5.41, 5.74) is 3.98. The fraction of sp³-hybridized carbons (Fsp3) is 0.462. The van der Waals surface area contributed by atoms with Gasteiger partial charge >= 0.3 is 0 Å². The molecule has 0 radical (unpaired) electrons. The molecular weight excluding hydrogens is 597 g/mol. The first-order chi connectivity index (χ1) is 18.4. The zero-order chi connectivity index (χ0) is 26.3. The van der Waals surface area contributed by atoms with Crippen LogP contribution in [0.5, 0.6) is 0 Å². The van der Waals surface area contributed by atoms with Crippen molar-refractivity contribution in [3.63, 3.8) is 0 Å². The molecule has 6 rings (SSSR count). The molecule has 4 aromatic rings. The molecule has 0 amide bonds. The summed E-state index contributed by atoms with van der Waals surface area (Å²) in [6.45, 7) is 4.01. The molecule has 0 spiro atoms. The number of halogens is 1. The number of piperidine rings is 1. The number of nitrogens with zero attached hydrogens (tertiary/aromatic N) is 7. The number of nitrogens with one attached hydrogen (secondary N) is 2. The van der Waals surface area contributed by atoms with Crippen LogP contribution in [-0.2, 0) is 11.3 Å². The summed E-state index contributed by atoms with van der Waals surface area (Å²) in [6, 6.07) is 5.71. The molecule has 11 nitrogen and oxygen atoms in total. The van der Waals surface area contributed by atoms with Gasteiger partial charge in [-0.2, -0.15) is 5.10 Å². The normalized spacial score (nSPS) is 19.7. The molecule has 3 N–H and O–H groups in total. The third-order valence-corrected chi connectivity index (χ3v) is 8.33. The van der Waals surface area contributed by atoms with Gasteiger partial charge in [0.25, 0.3) is 0 Å². The molecule has 0 saturated carbocycles. The van der Waals surface area contributed by atoms with Gasteiger partial charge in [0.2, 0.25) is 0 Å². The molecule has 198 valence electrons. The van der Waals surface area contributed by atoms with Gasteiger partial charge in [0.15, 0.2) is 21.4 Å². The van der Waals surface area contributed by atoms with Crippen molar-refractivity contribution in [3.05, 3.63) is 40.0 Å². The number of aliphatic hydroxyl groups is 1. The van der Waals surface area contributed by atoms with Crippen molar-refractivity contribution < 1.29 is 9.84 Å². The van der Waals surface area contributed by atoms with Crippen molar-refractivity contribution >= 4 is 62.1 Å². The smallest absolute Gasteiger partial charge is 0.182 e. The summed E-state index contributed by atoms with van der Waals surface area (Å²) in [5.74, 6) is 1.14. The second-order valence-electron chi connectivity index (χ2n) is 10.2. The second kappa shape index (κ2) is 10.3. The molecule has 1 unspecified atom stereocenters. The summed E-state index contributed by atoms with van der Waals surface area (Å²) < 4.78 is 8.59. The number of ether oxygens (including phenoxy) is 1. The fourth-order valence-electron chi connectivity index (χ4n) is 5.20. The quantitative estimate of drug-likeness (QED) is 0.168. The van der Waals surface area contributed by atoms with Crippen molar-refractivity contribution in [2.24, 2.45) is 5.41 Å². The Labute approximate surface area is 233 Å². The van der Waals surface area contributed by atoms with Crippen LogP contribution in [0.1, 0.15) is 50.9 Å². The van der Waals surface area contributed by atoms with E-state index in [0.717, 1.165) is 52.5 Å². The van der Waals surface area contributed by atoms with Gasteiger partial charge in [0.05, 0.1) is 29.5 Å². The number of fused-ring (bicyclic) bond motifs is 2. The number of aliphatic hydroxyl groups excluding tert-OH is 1. The summed E-state index contributed by atoms with van der Waals surface area (Å²) in [5, 5.41) is 26.9. The lowest BCUT2D eigenvalue weighted by atomic mass is 9.79. The largest absolute Gasteiger partial charge is 0.390 e. The molecule has 2 aliphatic rings. The van der Waals surface area contributed by atoms with Crippen LogP contribution in [0.25, 0.3) is 22.2 Å². The van der Waals surface area contributed by atoms with Crippen molar-refractivity contribution in [1.29, 1.82) is 5.41 Å². The number of pyridine rings is 2. The van der Waals surface area contributed by atoms with Crippen LogP contribution in [0.15, 0.2) is 30.6 Å². The Morgan fingerprint density at radius 1 is 1.24 bits per heavy atom. The van der Waals surface area contributed by atoms with Crippen molar-refractivity contribution in [2.45, 2.75) is 51.9 Å². The van der Waals surface area contributed by atoms with Crippen LogP contribution >= 0.6 is 22.6 Å². The minimum Gasteiger partial charge on any atom is -0.390 e. The van der Waals surface area contributed by atoms with Crippen LogP contribution < -0.4 is 10.2 Å². The minimum absolute atomic E-state index is 0.145. The van der Waals surface area contributed by atoms with Crippen molar-refractivity contribution in [1.82, 2.24) is 29.7 Å².